The number of rotatable bonds is 4. The third kappa shape index (κ3) is 3.15. The van der Waals surface area contributed by atoms with E-state index in [0.717, 1.165) is 24.2 Å². The highest BCUT2D eigenvalue weighted by atomic mass is 32.2. The van der Waals surface area contributed by atoms with E-state index in [1.807, 2.05) is 12.1 Å². The molecule has 2 N–H and O–H groups in total. The van der Waals surface area contributed by atoms with Crippen LogP contribution in [-0.4, -0.2) is 15.5 Å². The Hall–Kier alpha value is -1.27. The molecular formula is C21H31NO4S. The summed E-state index contributed by atoms with van der Waals surface area (Å²) < 4.78 is 33.2. The number of hydrogen-bond acceptors (Lipinski definition) is 4. The number of fused-ring (bicyclic) bond motifs is 5. The Kier molecular flexibility index (Phi) is 4.70. The van der Waals surface area contributed by atoms with E-state index in [1.54, 1.807) is 7.11 Å². The second-order valence-corrected chi connectivity index (χ2v) is 10.1. The maximum atomic E-state index is 11.4. The van der Waals surface area contributed by atoms with Crippen molar-refractivity contribution < 1.29 is 17.3 Å². The lowest BCUT2D eigenvalue weighted by atomic mass is 9.54. The Bertz CT molecular complexity index is 837. The van der Waals surface area contributed by atoms with E-state index in [2.05, 4.69) is 13.8 Å². The Morgan fingerprint density at radius 3 is 2.63 bits per heavy atom. The van der Waals surface area contributed by atoms with Gasteiger partial charge in [-0.1, -0.05) is 20.3 Å². The van der Waals surface area contributed by atoms with E-state index in [0.29, 0.717) is 17.1 Å². The van der Waals surface area contributed by atoms with Crippen LogP contribution in [0.2, 0.25) is 0 Å². The number of ether oxygens (including phenoxy) is 1. The van der Waals surface area contributed by atoms with Gasteiger partial charge in [-0.2, -0.15) is 13.6 Å². The molecule has 3 aliphatic rings. The number of benzene rings is 1. The molecule has 5 nitrogen and oxygen atoms in total. The van der Waals surface area contributed by atoms with Gasteiger partial charge in [0.25, 0.3) is 0 Å². The van der Waals surface area contributed by atoms with Gasteiger partial charge in [0.05, 0.1) is 7.11 Å². The first-order valence-corrected chi connectivity index (χ1v) is 11.7. The number of aryl methyl sites for hydroxylation is 1. The van der Waals surface area contributed by atoms with E-state index in [4.69, 9.17) is 14.1 Å². The molecule has 1 aromatic rings. The molecule has 27 heavy (non-hydrogen) atoms. The Labute approximate surface area is 162 Å². The smallest absolute Gasteiger partial charge is 0.380 e. The summed E-state index contributed by atoms with van der Waals surface area (Å²) >= 11 is 0. The topological polar surface area (TPSA) is 78.6 Å². The van der Waals surface area contributed by atoms with Gasteiger partial charge in [0.15, 0.2) is 11.5 Å². The van der Waals surface area contributed by atoms with Crippen LogP contribution in [0.15, 0.2) is 12.1 Å². The van der Waals surface area contributed by atoms with Crippen LogP contribution in [0.25, 0.3) is 0 Å². The van der Waals surface area contributed by atoms with Crippen LogP contribution in [0.5, 0.6) is 11.5 Å². The van der Waals surface area contributed by atoms with Crippen LogP contribution in [-0.2, 0) is 16.7 Å². The third-order valence-corrected chi connectivity index (χ3v) is 8.32. The minimum atomic E-state index is -4.07. The second-order valence-electron chi connectivity index (χ2n) is 8.92. The predicted molar refractivity (Wildman–Crippen MR) is 105 cm³/mol. The standard InChI is InChI=1S/C21H31NO4S/c1-4-14-6-8-18-16-7-5-13-11-20(26-27(22,23)24)19(25-3)12-17(13)15(16)9-10-21(14,18)2/h11-12,14-16,18H,4-10H2,1-3H3,(H2,22,23,24)/t14-,15?,16?,18?,21+/m0/s1. The average molecular weight is 394 g/mol. The van der Waals surface area contributed by atoms with Crippen LogP contribution in [0.4, 0.5) is 0 Å². The summed E-state index contributed by atoms with van der Waals surface area (Å²) in [5.74, 6) is 3.59. The average Bonchev–Trinajstić information content (AvgIpc) is 2.95. The van der Waals surface area contributed by atoms with Crippen molar-refractivity contribution in [3.63, 3.8) is 0 Å². The maximum Gasteiger partial charge on any atom is 0.380 e. The van der Waals surface area contributed by atoms with E-state index < -0.39 is 10.3 Å². The normalized spacial score (nSPS) is 35.1. The fraction of sp³-hybridized carbons (Fsp3) is 0.714. The Morgan fingerprint density at radius 2 is 1.96 bits per heavy atom. The molecular weight excluding hydrogens is 362 g/mol. The van der Waals surface area contributed by atoms with Gasteiger partial charge in [0.2, 0.25) is 0 Å². The molecule has 3 aliphatic carbocycles. The molecule has 0 bridgehead atoms. The molecule has 0 amide bonds. The van der Waals surface area contributed by atoms with Crippen molar-refractivity contribution in [3.8, 4) is 11.5 Å². The molecule has 0 radical (unpaired) electrons. The monoisotopic (exact) mass is 393 g/mol. The first-order chi connectivity index (χ1) is 12.8. The van der Waals surface area contributed by atoms with Crippen molar-refractivity contribution in [2.45, 2.75) is 64.7 Å². The molecule has 0 heterocycles. The molecule has 2 fully saturated rings. The van der Waals surface area contributed by atoms with Crippen molar-refractivity contribution in [2.75, 3.05) is 7.11 Å². The van der Waals surface area contributed by atoms with E-state index in [-0.39, 0.29) is 5.75 Å². The number of nitrogens with two attached hydrogens (primary N) is 1. The Balaban J connectivity index is 1.69. The highest BCUT2D eigenvalue weighted by Gasteiger charge is 2.54. The van der Waals surface area contributed by atoms with Gasteiger partial charge in [-0.25, -0.2) is 0 Å². The van der Waals surface area contributed by atoms with Gasteiger partial charge < -0.3 is 8.92 Å². The SMILES string of the molecule is CC[C@H]1CCC2C3CCc4cc(OS(N)(=O)=O)c(OC)cc4C3CC[C@@]21C. The molecule has 2 saturated carbocycles. The Morgan fingerprint density at radius 1 is 1.19 bits per heavy atom. The van der Waals surface area contributed by atoms with Crippen molar-refractivity contribution in [3.05, 3.63) is 23.3 Å². The first-order valence-electron chi connectivity index (χ1n) is 10.2. The second kappa shape index (κ2) is 6.66. The summed E-state index contributed by atoms with van der Waals surface area (Å²) in [5, 5.41) is 5.07. The van der Waals surface area contributed by atoms with Gasteiger partial charge in [-0.15, -0.1) is 0 Å². The summed E-state index contributed by atoms with van der Waals surface area (Å²) in [6, 6.07) is 3.83. The maximum absolute atomic E-state index is 11.4. The molecule has 6 heteroatoms. The zero-order valence-corrected chi connectivity index (χ0v) is 17.3. The van der Waals surface area contributed by atoms with Crippen molar-refractivity contribution in [1.29, 1.82) is 0 Å². The molecule has 0 aromatic heterocycles. The lowest BCUT2D eigenvalue weighted by Gasteiger charge is -2.51. The van der Waals surface area contributed by atoms with E-state index >= 15 is 0 Å². The molecule has 0 spiro atoms. The van der Waals surface area contributed by atoms with Crippen LogP contribution < -0.4 is 14.1 Å². The molecule has 5 atom stereocenters. The van der Waals surface area contributed by atoms with Crippen molar-refractivity contribution in [1.82, 2.24) is 0 Å². The molecule has 3 unspecified atom stereocenters. The number of hydrogen-bond donors (Lipinski definition) is 1. The van der Waals surface area contributed by atoms with Gasteiger partial charge in [0.1, 0.15) is 0 Å². The largest absolute Gasteiger partial charge is 0.493 e. The van der Waals surface area contributed by atoms with Crippen molar-refractivity contribution in [2.24, 2.45) is 28.3 Å². The van der Waals surface area contributed by atoms with E-state index in [1.165, 1.54) is 49.7 Å². The zero-order valence-electron chi connectivity index (χ0n) is 16.5. The first kappa shape index (κ1) is 19.1. The van der Waals surface area contributed by atoms with Crippen LogP contribution in [0.3, 0.4) is 0 Å². The van der Waals surface area contributed by atoms with Crippen molar-refractivity contribution >= 4 is 10.3 Å². The minimum absolute atomic E-state index is 0.199. The summed E-state index contributed by atoms with van der Waals surface area (Å²) in [5.41, 5.74) is 3.00. The van der Waals surface area contributed by atoms with Crippen LogP contribution in [0, 0.1) is 23.2 Å². The van der Waals surface area contributed by atoms with Gasteiger partial charge in [-0.05, 0) is 90.9 Å². The summed E-state index contributed by atoms with van der Waals surface area (Å²) in [7, 11) is -2.53. The molecule has 4 rings (SSSR count). The van der Waals surface area contributed by atoms with Crippen LogP contribution in [0.1, 0.15) is 69.4 Å². The zero-order chi connectivity index (χ0) is 19.4. The number of methoxy groups -OCH3 is 1. The third-order valence-electron chi connectivity index (χ3n) is 7.90. The molecule has 150 valence electrons. The van der Waals surface area contributed by atoms with Gasteiger partial charge in [0, 0.05) is 0 Å². The summed E-state index contributed by atoms with van der Waals surface area (Å²) in [4.78, 5) is 0. The predicted octanol–water partition coefficient (Wildman–Crippen LogP) is 4.16. The molecule has 0 aliphatic heterocycles. The lowest BCUT2D eigenvalue weighted by Crippen LogP contribution is -2.42. The molecule has 1 aromatic carbocycles. The highest BCUT2D eigenvalue weighted by molar-refractivity contribution is 7.84. The van der Waals surface area contributed by atoms with Gasteiger partial charge >= 0.3 is 10.3 Å². The minimum Gasteiger partial charge on any atom is -0.493 e. The highest BCUT2D eigenvalue weighted by Crippen LogP contribution is 2.63. The van der Waals surface area contributed by atoms with Gasteiger partial charge in [-0.3, -0.25) is 0 Å². The van der Waals surface area contributed by atoms with Crippen LogP contribution >= 0.6 is 0 Å². The fourth-order valence-corrected chi connectivity index (χ4v) is 7.09. The quantitative estimate of drug-likeness (QED) is 0.833. The lowest BCUT2D eigenvalue weighted by molar-refractivity contribution is 0.0273. The van der Waals surface area contributed by atoms with E-state index in [9.17, 15) is 8.42 Å². The molecule has 0 saturated heterocycles. The summed E-state index contributed by atoms with van der Waals surface area (Å²) in [6.45, 7) is 4.88. The fourth-order valence-electron chi connectivity index (χ4n) is 6.71. The summed E-state index contributed by atoms with van der Waals surface area (Å²) in [6.07, 6.45) is 8.66.